The highest BCUT2D eigenvalue weighted by atomic mass is 32.2. The first-order valence-electron chi connectivity index (χ1n) is 6.44. The largest absolute Gasteiger partial charge is 0.378 e. The lowest BCUT2D eigenvalue weighted by atomic mass is 10.1. The van der Waals surface area contributed by atoms with Crippen LogP contribution in [0.2, 0.25) is 0 Å². The molecule has 1 rings (SSSR count). The molecule has 0 saturated carbocycles. The first kappa shape index (κ1) is 14.3. The van der Waals surface area contributed by atoms with Gasteiger partial charge in [0.05, 0.1) is 13.2 Å². The molecule has 1 saturated heterocycles. The van der Waals surface area contributed by atoms with Crippen LogP contribution in [0.4, 0.5) is 0 Å². The van der Waals surface area contributed by atoms with Crippen LogP contribution in [-0.2, 0) is 4.74 Å². The molecule has 1 heterocycles. The smallest absolute Gasteiger partial charge is 0.0622 e. The van der Waals surface area contributed by atoms with Gasteiger partial charge < -0.3 is 10.5 Å². The molecule has 0 aromatic carbocycles. The zero-order valence-corrected chi connectivity index (χ0v) is 11.5. The molecule has 96 valence electrons. The van der Waals surface area contributed by atoms with Crippen molar-refractivity contribution in [3.63, 3.8) is 0 Å². The zero-order valence-electron chi connectivity index (χ0n) is 10.7. The van der Waals surface area contributed by atoms with E-state index >= 15 is 0 Å². The molecule has 2 N–H and O–H groups in total. The average Bonchev–Trinajstić information content (AvgIpc) is 2.35. The molecule has 0 aromatic heterocycles. The van der Waals surface area contributed by atoms with Crippen molar-refractivity contribution in [2.24, 2.45) is 5.73 Å². The molecule has 0 spiro atoms. The van der Waals surface area contributed by atoms with Crippen molar-refractivity contribution < 1.29 is 4.74 Å². The molecule has 0 bridgehead atoms. The number of hydrogen-bond acceptors (Lipinski definition) is 4. The van der Waals surface area contributed by atoms with Gasteiger partial charge in [-0.2, -0.15) is 11.8 Å². The minimum atomic E-state index is 0.549. The Morgan fingerprint density at radius 3 is 2.94 bits per heavy atom. The van der Waals surface area contributed by atoms with Gasteiger partial charge in [-0.25, -0.2) is 0 Å². The topological polar surface area (TPSA) is 38.5 Å². The van der Waals surface area contributed by atoms with Gasteiger partial charge in [0, 0.05) is 25.2 Å². The summed E-state index contributed by atoms with van der Waals surface area (Å²) in [6.45, 7) is 8.03. The van der Waals surface area contributed by atoms with Crippen LogP contribution >= 0.6 is 11.8 Å². The van der Waals surface area contributed by atoms with Gasteiger partial charge in [0.1, 0.15) is 0 Å². The van der Waals surface area contributed by atoms with E-state index in [4.69, 9.17) is 10.5 Å². The predicted octanol–water partition coefficient (Wildman–Crippen LogP) is 1.57. The van der Waals surface area contributed by atoms with Crippen LogP contribution in [0.25, 0.3) is 0 Å². The van der Waals surface area contributed by atoms with Crippen molar-refractivity contribution >= 4 is 11.8 Å². The Balaban J connectivity index is 2.41. The monoisotopic (exact) mass is 246 g/mol. The van der Waals surface area contributed by atoms with Gasteiger partial charge in [-0.1, -0.05) is 13.8 Å². The molecular formula is C12H26N2OS. The molecule has 0 aromatic rings. The van der Waals surface area contributed by atoms with E-state index in [9.17, 15) is 0 Å². The summed E-state index contributed by atoms with van der Waals surface area (Å²) in [6, 6.07) is 1.13. The summed E-state index contributed by atoms with van der Waals surface area (Å²) in [7, 11) is 0. The molecule has 2 atom stereocenters. The lowest BCUT2D eigenvalue weighted by Gasteiger charge is -2.40. The third-order valence-electron chi connectivity index (χ3n) is 3.28. The van der Waals surface area contributed by atoms with Crippen molar-refractivity contribution in [1.82, 2.24) is 4.90 Å². The fourth-order valence-electron chi connectivity index (χ4n) is 2.28. The van der Waals surface area contributed by atoms with Crippen LogP contribution < -0.4 is 5.73 Å². The van der Waals surface area contributed by atoms with E-state index in [0.29, 0.717) is 12.1 Å². The molecule has 3 nitrogen and oxygen atoms in total. The van der Waals surface area contributed by atoms with Gasteiger partial charge in [-0.05, 0) is 24.3 Å². The first-order chi connectivity index (χ1) is 7.83. The SMILES string of the molecule is CCSCCC(CN)N1CCOCC1CC. The number of hydrogen-bond donors (Lipinski definition) is 1. The summed E-state index contributed by atoms with van der Waals surface area (Å²) in [5.74, 6) is 2.43. The Hall–Kier alpha value is 0.230. The summed E-state index contributed by atoms with van der Waals surface area (Å²) in [5.41, 5.74) is 5.91. The van der Waals surface area contributed by atoms with Crippen molar-refractivity contribution in [2.75, 3.05) is 37.8 Å². The number of ether oxygens (including phenoxy) is 1. The predicted molar refractivity (Wildman–Crippen MR) is 72.1 cm³/mol. The number of nitrogens with zero attached hydrogens (tertiary/aromatic N) is 1. The van der Waals surface area contributed by atoms with Crippen LogP contribution in [-0.4, -0.2) is 54.8 Å². The van der Waals surface area contributed by atoms with Crippen molar-refractivity contribution in [1.29, 1.82) is 0 Å². The Bertz CT molecular complexity index is 180. The molecule has 4 heteroatoms. The van der Waals surface area contributed by atoms with Crippen molar-refractivity contribution in [3.8, 4) is 0 Å². The van der Waals surface area contributed by atoms with Gasteiger partial charge in [-0.15, -0.1) is 0 Å². The molecule has 0 aliphatic carbocycles. The highest BCUT2D eigenvalue weighted by molar-refractivity contribution is 7.99. The zero-order chi connectivity index (χ0) is 11.8. The van der Waals surface area contributed by atoms with E-state index in [2.05, 4.69) is 18.7 Å². The van der Waals surface area contributed by atoms with E-state index in [-0.39, 0.29) is 0 Å². The Morgan fingerprint density at radius 2 is 2.31 bits per heavy atom. The maximum Gasteiger partial charge on any atom is 0.0622 e. The van der Waals surface area contributed by atoms with Crippen molar-refractivity contribution in [2.45, 2.75) is 38.8 Å². The van der Waals surface area contributed by atoms with Gasteiger partial charge >= 0.3 is 0 Å². The minimum absolute atomic E-state index is 0.549. The van der Waals surface area contributed by atoms with Gasteiger partial charge in [-0.3, -0.25) is 4.90 Å². The second-order valence-electron chi connectivity index (χ2n) is 4.25. The summed E-state index contributed by atoms with van der Waals surface area (Å²) in [4.78, 5) is 2.57. The van der Waals surface area contributed by atoms with Crippen LogP contribution in [0.3, 0.4) is 0 Å². The summed E-state index contributed by atoms with van der Waals surface area (Å²) >= 11 is 2.01. The fraction of sp³-hybridized carbons (Fsp3) is 1.00. The number of thioether (sulfide) groups is 1. The molecule has 0 radical (unpaired) electrons. The van der Waals surface area contributed by atoms with E-state index in [1.165, 1.54) is 17.9 Å². The second-order valence-corrected chi connectivity index (χ2v) is 5.64. The maximum absolute atomic E-state index is 5.91. The Morgan fingerprint density at radius 1 is 1.50 bits per heavy atom. The molecule has 16 heavy (non-hydrogen) atoms. The lowest BCUT2D eigenvalue weighted by molar-refractivity contribution is -0.0287. The van der Waals surface area contributed by atoms with Crippen LogP contribution in [0, 0.1) is 0 Å². The minimum Gasteiger partial charge on any atom is -0.378 e. The molecule has 1 fully saturated rings. The van der Waals surface area contributed by atoms with Crippen LogP contribution in [0.1, 0.15) is 26.7 Å². The Labute approximate surface area is 104 Å². The lowest BCUT2D eigenvalue weighted by Crippen LogP contribution is -2.53. The normalized spacial score (nSPS) is 24.6. The van der Waals surface area contributed by atoms with Gasteiger partial charge in [0.2, 0.25) is 0 Å². The summed E-state index contributed by atoms with van der Waals surface area (Å²) < 4.78 is 5.54. The highest BCUT2D eigenvalue weighted by Gasteiger charge is 2.26. The maximum atomic E-state index is 5.91. The standard InChI is InChI=1S/C12H26N2OS/c1-3-11-10-15-7-6-14(11)12(9-13)5-8-16-4-2/h11-12H,3-10,13H2,1-2H3. The van der Waals surface area contributed by atoms with Crippen molar-refractivity contribution in [3.05, 3.63) is 0 Å². The molecule has 1 aliphatic rings. The Kier molecular flexibility index (Phi) is 7.45. The van der Waals surface area contributed by atoms with Crippen LogP contribution in [0.15, 0.2) is 0 Å². The van der Waals surface area contributed by atoms with E-state index < -0.39 is 0 Å². The molecule has 0 amide bonds. The van der Waals surface area contributed by atoms with Crippen LogP contribution in [0.5, 0.6) is 0 Å². The highest BCUT2D eigenvalue weighted by Crippen LogP contribution is 2.17. The number of nitrogens with two attached hydrogens (primary N) is 1. The summed E-state index contributed by atoms with van der Waals surface area (Å²) in [6.07, 6.45) is 2.38. The quantitative estimate of drug-likeness (QED) is 0.692. The second kappa shape index (κ2) is 8.34. The van der Waals surface area contributed by atoms with Gasteiger partial charge in [0.25, 0.3) is 0 Å². The summed E-state index contributed by atoms with van der Waals surface area (Å²) in [5, 5.41) is 0. The molecule has 2 unspecified atom stereocenters. The molecule has 1 aliphatic heterocycles. The molecular weight excluding hydrogens is 220 g/mol. The third-order valence-corrected chi connectivity index (χ3v) is 4.22. The number of morpholine rings is 1. The van der Waals surface area contributed by atoms with E-state index in [0.717, 1.165) is 32.7 Å². The fourth-order valence-corrected chi connectivity index (χ4v) is 3.01. The average molecular weight is 246 g/mol. The first-order valence-corrected chi connectivity index (χ1v) is 7.60. The van der Waals surface area contributed by atoms with E-state index in [1.807, 2.05) is 11.8 Å². The van der Waals surface area contributed by atoms with Gasteiger partial charge in [0.15, 0.2) is 0 Å². The number of rotatable bonds is 7. The third kappa shape index (κ3) is 4.24. The van der Waals surface area contributed by atoms with E-state index in [1.54, 1.807) is 0 Å².